The molecule has 0 saturated carbocycles. The summed E-state index contributed by atoms with van der Waals surface area (Å²) in [6.07, 6.45) is 6.44. The zero-order valence-electron chi connectivity index (χ0n) is 24.9. The van der Waals surface area contributed by atoms with Crippen molar-refractivity contribution in [1.29, 1.82) is 0 Å². The summed E-state index contributed by atoms with van der Waals surface area (Å²) in [4.78, 5) is 12.5. The molecule has 4 heterocycles. The fourth-order valence-corrected chi connectivity index (χ4v) is 4.75. The minimum Gasteiger partial charge on any atom is -0.353 e. The van der Waals surface area contributed by atoms with Crippen LogP contribution in [0.15, 0.2) is 99.5 Å². The zero-order valence-corrected chi connectivity index (χ0v) is 24.9. The normalized spacial score (nSPS) is 10.2. The molecular weight excluding hydrogens is 523 g/mol. The number of hydrogen-bond donors (Lipinski definition) is 3. The van der Waals surface area contributed by atoms with Crippen LogP contribution < -0.4 is 5.32 Å². The van der Waals surface area contributed by atoms with E-state index >= 15 is 0 Å². The monoisotopic (exact) mass is 562 g/mol. The third-order valence-electron chi connectivity index (χ3n) is 6.51. The van der Waals surface area contributed by atoms with Gasteiger partial charge in [0.2, 0.25) is 0 Å². The number of H-pyrrole nitrogens is 2. The largest absolute Gasteiger partial charge is 0.353 e. The third-order valence-corrected chi connectivity index (χ3v) is 6.51. The highest BCUT2D eigenvalue weighted by Gasteiger charge is 2.15. The summed E-state index contributed by atoms with van der Waals surface area (Å²) < 4.78 is 14.4. The van der Waals surface area contributed by atoms with Crippen LogP contribution in [0.5, 0.6) is 0 Å². The molecule has 6 nitrogen and oxygen atoms in total. The summed E-state index contributed by atoms with van der Waals surface area (Å²) in [6.45, 7) is 18.7. The smallest absolute Gasteiger partial charge is 0.124 e. The molecule has 0 aliphatic rings. The number of aromatic nitrogens is 5. The van der Waals surface area contributed by atoms with Gasteiger partial charge in [-0.3, -0.25) is 15.1 Å². The highest BCUT2D eigenvalue weighted by atomic mass is 19.1. The number of hydrogen-bond acceptors (Lipinski definition) is 4. The van der Waals surface area contributed by atoms with E-state index in [1.165, 1.54) is 5.56 Å². The molecule has 0 aliphatic heterocycles. The van der Waals surface area contributed by atoms with Gasteiger partial charge in [0.05, 0.1) is 23.1 Å². The molecule has 0 atom stereocenters. The fourth-order valence-electron chi connectivity index (χ4n) is 4.75. The van der Waals surface area contributed by atoms with Crippen LogP contribution in [-0.2, 0) is 13.0 Å². The first kappa shape index (κ1) is 31.6. The van der Waals surface area contributed by atoms with Gasteiger partial charge in [0.25, 0.3) is 0 Å². The lowest BCUT2D eigenvalue weighted by molar-refractivity contribution is 0.624. The van der Waals surface area contributed by atoms with Crippen molar-refractivity contribution in [3.05, 3.63) is 116 Å². The molecule has 2 aromatic carbocycles. The molecule has 0 spiro atoms. The lowest BCUT2D eigenvalue weighted by Crippen LogP contribution is -2.05. The Morgan fingerprint density at radius 3 is 2.33 bits per heavy atom. The van der Waals surface area contributed by atoms with Gasteiger partial charge in [-0.1, -0.05) is 32.9 Å². The average molecular weight is 563 g/mol. The van der Waals surface area contributed by atoms with Gasteiger partial charge in [-0.25, -0.2) is 4.39 Å². The molecule has 0 fully saturated rings. The molecule has 0 amide bonds. The van der Waals surface area contributed by atoms with Gasteiger partial charge in [-0.05, 0) is 78.2 Å². The van der Waals surface area contributed by atoms with E-state index in [1.807, 2.05) is 69.8 Å². The maximum atomic E-state index is 14.4. The van der Waals surface area contributed by atoms with Gasteiger partial charge >= 0.3 is 0 Å². The number of rotatable bonds is 6. The van der Waals surface area contributed by atoms with Crippen molar-refractivity contribution >= 4 is 21.8 Å². The Bertz CT molecular complexity index is 1750. The van der Waals surface area contributed by atoms with Crippen molar-refractivity contribution < 1.29 is 4.39 Å². The standard InChI is InChI=1S/C29H25FN6.C2H6.2C2H4/c1-3-17-7-20(15-32-14-17)26-12-24-28(16-33-26)35-36-29(24)27-11-23-22(5-4-6-25(23)34-27)19-8-18(13-31-2)9-21(30)10-19;3*1-2/h4-12,14-16,31,34H,3,13H2,1-2H3,(H,35,36);1-2H3;2*1-2H2. The molecule has 6 aromatic rings. The van der Waals surface area contributed by atoms with E-state index < -0.39 is 0 Å². The predicted molar refractivity (Wildman–Crippen MR) is 176 cm³/mol. The van der Waals surface area contributed by atoms with E-state index in [9.17, 15) is 4.39 Å². The second-order valence-electron chi connectivity index (χ2n) is 8.95. The Kier molecular flexibility index (Phi) is 11.5. The van der Waals surface area contributed by atoms with Gasteiger partial charge < -0.3 is 10.3 Å². The van der Waals surface area contributed by atoms with E-state index in [-0.39, 0.29) is 5.82 Å². The van der Waals surface area contributed by atoms with E-state index in [4.69, 9.17) is 0 Å². The first-order valence-electron chi connectivity index (χ1n) is 14.0. The van der Waals surface area contributed by atoms with Crippen LogP contribution in [0.4, 0.5) is 4.39 Å². The van der Waals surface area contributed by atoms with Crippen LogP contribution in [0.1, 0.15) is 31.9 Å². The molecule has 7 heteroatoms. The number of nitrogens with zero attached hydrogens (tertiary/aromatic N) is 3. The average Bonchev–Trinajstić information content (AvgIpc) is 3.68. The van der Waals surface area contributed by atoms with Crippen LogP contribution in [-0.4, -0.2) is 32.2 Å². The predicted octanol–water partition coefficient (Wildman–Crippen LogP) is 8.89. The molecule has 42 heavy (non-hydrogen) atoms. The number of benzene rings is 2. The minimum atomic E-state index is -0.245. The van der Waals surface area contributed by atoms with Crippen molar-refractivity contribution in [3.8, 4) is 33.8 Å². The van der Waals surface area contributed by atoms with Crippen molar-refractivity contribution in [2.45, 2.75) is 33.7 Å². The van der Waals surface area contributed by atoms with Crippen molar-refractivity contribution in [3.63, 3.8) is 0 Å². The van der Waals surface area contributed by atoms with Crippen LogP contribution >= 0.6 is 0 Å². The van der Waals surface area contributed by atoms with Gasteiger partial charge in [0, 0.05) is 40.8 Å². The molecule has 0 bridgehead atoms. The Balaban J connectivity index is 0.000000760. The molecule has 0 aliphatic carbocycles. The van der Waals surface area contributed by atoms with E-state index in [2.05, 4.69) is 75.8 Å². The van der Waals surface area contributed by atoms with Crippen molar-refractivity contribution in [1.82, 2.24) is 30.5 Å². The first-order valence-corrected chi connectivity index (χ1v) is 14.0. The molecule has 0 unspecified atom stereocenters. The van der Waals surface area contributed by atoms with Crippen molar-refractivity contribution in [2.24, 2.45) is 0 Å². The number of aromatic amines is 2. The molecule has 216 valence electrons. The quantitative estimate of drug-likeness (QED) is 0.177. The fraction of sp³-hybridized carbons (Fsp3) is 0.171. The molecule has 0 radical (unpaired) electrons. The summed E-state index contributed by atoms with van der Waals surface area (Å²) in [7, 11) is 1.86. The van der Waals surface area contributed by atoms with E-state index in [0.29, 0.717) is 6.54 Å². The highest BCUT2D eigenvalue weighted by Crippen LogP contribution is 2.35. The van der Waals surface area contributed by atoms with Gasteiger partial charge in [-0.15, -0.1) is 26.3 Å². The second-order valence-corrected chi connectivity index (χ2v) is 8.95. The number of pyridine rings is 2. The summed E-state index contributed by atoms with van der Waals surface area (Å²) >= 11 is 0. The topological polar surface area (TPSA) is 82.3 Å². The van der Waals surface area contributed by atoms with E-state index in [0.717, 1.165) is 67.6 Å². The van der Waals surface area contributed by atoms with Gasteiger partial charge in [0.15, 0.2) is 0 Å². The molecule has 3 N–H and O–H groups in total. The first-order chi connectivity index (χ1) is 20.6. The Morgan fingerprint density at radius 2 is 1.60 bits per heavy atom. The van der Waals surface area contributed by atoms with Crippen LogP contribution in [0, 0.1) is 5.82 Å². The lowest BCUT2D eigenvalue weighted by atomic mass is 9.99. The molecule has 6 rings (SSSR count). The zero-order chi connectivity index (χ0) is 30.6. The van der Waals surface area contributed by atoms with Crippen LogP contribution in [0.2, 0.25) is 0 Å². The highest BCUT2D eigenvalue weighted by molar-refractivity contribution is 6.01. The van der Waals surface area contributed by atoms with Gasteiger partial charge in [-0.2, -0.15) is 5.10 Å². The maximum Gasteiger partial charge on any atom is 0.124 e. The maximum absolute atomic E-state index is 14.4. The molecule has 4 aromatic heterocycles. The molecule has 0 saturated heterocycles. The Hall–Kier alpha value is -4.88. The van der Waals surface area contributed by atoms with Crippen molar-refractivity contribution in [2.75, 3.05) is 7.05 Å². The number of fused-ring (bicyclic) bond motifs is 2. The van der Waals surface area contributed by atoms with Gasteiger partial charge in [0.1, 0.15) is 11.5 Å². The Labute approximate surface area is 247 Å². The van der Waals surface area contributed by atoms with Crippen LogP contribution in [0.3, 0.4) is 0 Å². The number of halogens is 1. The third kappa shape index (κ3) is 6.70. The number of aryl methyl sites for hydroxylation is 1. The number of nitrogens with one attached hydrogen (secondary N) is 3. The Morgan fingerprint density at radius 1 is 0.833 bits per heavy atom. The molecular formula is C35H39FN6. The summed E-state index contributed by atoms with van der Waals surface area (Å²) in [5.41, 5.74) is 9.22. The van der Waals surface area contributed by atoms with E-state index in [1.54, 1.807) is 12.1 Å². The lowest BCUT2D eigenvalue weighted by Gasteiger charge is -2.07. The van der Waals surface area contributed by atoms with Crippen LogP contribution in [0.25, 0.3) is 55.6 Å². The summed E-state index contributed by atoms with van der Waals surface area (Å²) in [5, 5.41) is 12.8. The minimum absolute atomic E-state index is 0.245. The summed E-state index contributed by atoms with van der Waals surface area (Å²) in [6, 6.07) is 17.5. The SMILES string of the molecule is C=C.C=C.CC.CCc1cncc(-c2cc3c(-c4cc5c(-c6cc(F)cc(CNC)c6)cccc5[nH]4)n[nH]c3cn2)c1. The summed E-state index contributed by atoms with van der Waals surface area (Å²) in [5.74, 6) is -0.245. The second kappa shape index (κ2) is 15.2.